The van der Waals surface area contributed by atoms with Crippen molar-refractivity contribution in [3.8, 4) is 11.5 Å². The summed E-state index contributed by atoms with van der Waals surface area (Å²) in [5.74, 6) is 1.51. The van der Waals surface area contributed by atoms with Gasteiger partial charge in [-0.25, -0.2) is 0 Å². The molecule has 0 saturated heterocycles. The summed E-state index contributed by atoms with van der Waals surface area (Å²) in [4.78, 5) is 3.87. The minimum absolute atomic E-state index is 0.229. The molecule has 0 aliphatic carbocycles. The van der Waals surface area contributed by atoms with Crippen molar-refractivity contribution in [1.29, 1.82) is 0 Å². The van der Waals surface area contributed by atoms with Gasteiger partial charge in [0.25, 0.3) is 0 Å². The number of nitrogens with one attached hydrogen (secondary N) is 2. The summed E-state index contributed by atoms with van der Waals surface area (Å²) >= 11 is 0. The van der Waals surface area contributed by atoms with Gasteiger partial charge in [0.05, 0.1) is 20.1 Å². The van der Waals surface area contributed by atoms with Crippen LogP contribution < -0.4 is 20.1 Å². The molecule has 2 N–H and O–H groups in total. The number of hydrogen-bond donors (Lipinski definition) is 2. The molecule has 1 rings (SSSR count). The molecule has 0 spiro atoms. The monoisotopic (exact) mass is 333 g/mol. The van der Waals surface area contributed by atoms with Crippen molar-refractivity contribution in [2.45, 2.75) is 25.6 Å². The predicted octanol–water partition coefficient (Wildman–Crippen LogP) is 2.58. The lowest BCUT2D eigenvalue weighted by Crippen LogP contribution is -2.42. The second-order valence-corrected chi connectivity index (χ2v) is 4.82. The largest absolute Gasteiger partial charge is 0.493 e. The molecule has 0 aliphatic heterocycles. The molecule has 0 saturated carbocycles. The van der Waals surface area contributed by atoms with Crippen LogP contribution >= 0.6 is 0 Å². The molecule has 0 bridgehead atoms. The SMILES string of the molecule is CN=C(NCCC(F)(F)F)NCC(C)Oc1ccccc1OC. The Morgan fingerprint density at radius 3 is 2.43 bits per heavy atom. The van der Waals surface area contributed by atoms with Crippen molar-refractivity contribution < 1.29 is 22.6 Å². The Labute approximate surface area is 133 Å². The van der Waals surface area contributed by atoms with Crippen LogP contribution in [0.4, 0.5) is 13.2 Å². The molecule has 0 amide bonds. The molecule has 1 aromatic carbocycles. The van der Waals surface area contributed by atoms with Gasteiger partial charge >= 0.3 is 6.18 Å². The molecule has 8 heteroatoms. The van der Waals surface area contributed by atoms with Crippen LogP contribution in [0, 0.1) is 0 Å². The highest BCUT2D eigenvalue weighted by Crippen LogP contribution is 2.26. The number of methoxy groups -OCH3 is 1. The number of alkyl halides is 3. The fourth-order valence-electron chi connectivity index (χ4n) is 1.76. The van der Waals surface area contributed by atoms with Crippen LogP contribution in [0.1, 0.15) is 13.3 Å². The highest BCUT2D eigenvalue weighted by atomic mass is 19.4. The Hall–Kier alpha value is -2.12. The maximum absolute atomic E-state index is 12.1. The van der Waals surface area contributed by atoms with E-state index in [1.807, 2.05) is 19.1 Å². The first-order chi connectivity index (χ1) is 10.9. The van der Waals surface area contributed by atoms with E-state index in [1.54, 1.807) is 19.2 Å². The van der Waals surface area contributed by atoms with Gasteiger partial charge in [-0.1, -0.05) is 12.1 Å². The quantitative estimate of drug-likeness (QED) is 0.595. The summed E-state index contributed by atoms with van der Waals surface area (Å²) in [5, 5.41) is 5.53. The van der Waals surface area contributed by atoms with Crippen LogP contribution in [-0.2, 0) is 0 Å². The van der Waals surface area contributed by atoms with Crippen molar-refractivity contribution in [2.24, 2.45) is 4.99 Å². The Balaban J connectivity index is 2.40. The Kier molecular flexibility index (Phi) is 7.50. The lowest BCUT2D eigenvalue weighted by atomic mass is 10.3. The molecule has 0 radical (unpaired) electrons. The number of halogens is 3. The molecule has 5 nitrogen and oxygen atoms in total. The van der Waals surface area contributed by atoms with Crippen molar-refractivity contribution in [1.82, 2.24) is 10.6 Å². The maximum atomic E-state index is 12.1. The molecule has 1 aromatic rings. The fourth-order valence-corrected chi connectivity index (χ4v) is 1.76. The third-order valence-corrected chi connectivity index (χ3v) is 2.88. The van der Waals surface area contributed by atoms with Crippen LogP contribution in [0.5, 0.6) is 11.5 Å². The number of nitrogens with zero attached hydrogens (tertiary/aromatic N) is 1. The second-order valence-electron chi connectivity index (χ2n) is 4.82. The zero-order valence-electron chi connectivity index (χ0n) is 13.4. The van der Waals surface area contributed by atoms with Gasteiger partial charge in [0.2, 0.25) is 0 Å². The number of aliphatic imine (C=N–C) groups is 1. The van der Waals surface area contributed by atoms with Crippen LogP contribution in [0.2, 0.25) is 0 Å². The fraction of sp³-hybridized carbons (Fsp3) is 0.533. The lowest BCUT2D eigenvalue weighted by Gasteiger charge is -2.19. The van der Waals surface area contributed by atoms with E-state index in [4.69, 9.17) is 9.47 Å². The summed E-state index contributed by atoms with van der Waals surface area (Å²) in [6.07, 6.45) is -5.33. The van der Waals surface area contributed by atoms with E-state index in [2.05, 4.69) is 15.6 Å². The van der Waals surface area contributed by atoms with E-state index in [0.717, 1.165) is 0 Å². The van der Waals surface area contributed by atoms with Gasteiger partial charge < -0.3 is 20.1 Å². The lowest BCUT2D eigenvalue weighted by molar-refractivity contribution is -0.132. The van der Waals surface area contributed by atoms with Gasteiger partial charge in [-0.2, -0.15) is 13.2 Å². The number of hydrogen-bond acceptors (Lipinski definition) is 3. The minimum Gasteiger partial charge on any atom is -0.493 e. The molecule has 1 unspecified atom stereocenters. The summed E-state index contributed by atoms with van der Waals surface area (Å²) in [6.45, 7) is 1.98. The number of ether oxygens (including phenoxy) is 2. The summed E-state index contributed by atoms with van der Waals surface area (Å²) in [6, 6.07) is 7.23. The molecule has 130 valence electrons. The van der Waals surface area contributed by atoms with E-state index in [9.17, 15) is 13.2 Å². The highest BCUT2D eigenvalue weighted by molar-refractivity contribution is 5.79. The molecular weight excluding hydrogens is 311 g/mol. The Morgan fingerprint density at radius 2 is 1.87 bits per heavy atom. The van der Waals surface area contributed by atoms with E-state index in [1.165, 1.54) is 7.05 Å². The Morgan fingerprint density at radius 1 is 1.22 bits per heavy atom. The zero-order chi connectivity index (χ0) is 17.3. The zero-order valence-corrected chi connectivity index (χ0v) is 13.4. The van der Waals surface area contributed by atoms with Crippen LogP contribution in [0.15, 0.2) is 29.3 Å². The summed E-state index contributed by atoms with van der Waals surface area (Å²) < 4.78 is 47.2. The standard InChI is InChI=1S/C15H22F3N3O2/c1-11(23-13-7-5-4-6-12(13)22-3)10-21-14(19-2)20-9-8-15(16,17)18/h4-7,11H,8-10H2,1-3H3,(H2,19,20,21). The van der Waals surface area contributed by atoms with E-state index < -0.39 is 12.6 Å². The van der Waals surface area contributed by atoms with Crippen molar-refractivity contribution in [3.63, 3.8) is 0 Å². The highest BCUT2D eigenvalue weighted by Gasteiger charge is 2.26. The third-order valence-electron chi connectivity index (χ3n) is 2.88. The van der Waals surface area contributed by atoms with Crippen LogP contribution in [0.3, 0.4) is 0 Å². The smallest absolute Gasteiger partial charge is 0.390 e. The van der Waals surface area contributed by atoms with Gasteiger partial charge in [-0.3, -0.25) is 4.99 Å². The van der Waals surface area contributed by atoms with Gasteiger partial charge in [-0.05, 0) is 19.1 Å². The molecule has 0 fully saturated rings. The van der Waals surface area contributed by atoms with Crippen molar-refractivity contribution in [2.75, 3.05) is 27.2 Å². The maximum Gasteiger partial charge on any atom is 0.390 e. The third kappa shape index (κ3) is 7.62. The first-order valence-electron chi connectivity index (χ1n) is 7.16. The number of rotatable bonds is 7. The summed E-state index contributed by atoms with van der Waals surface area (Å²) in [5.41, 5.74) is 0. The van der Waals surface area contributed by atoms with E-state index in [0.29, 0.717) is 24.0 Å². The average Bonchev–Trinajstić information content (AvgIpc) is 2.50. The van der Waals surface area contributed by atoms with Gasteiger partial charge in [0, 0.05) is 13.6 Å². The molecule has 0 aliphatic rings. The minimum atomic E-state index is -4.19. The van der Waals surface area contributed by atoms with Crippen molar-refractivity contribution in [3.05, 3.63) is 24.3 Å². The van der Waals surface area contributed by atoms with E-state index >= 15 is 0 Å². The molecule has 0 heterocycles. The van der Waals surface area contributed by atoms with Crippen LogP contribution in [0.25, 0.3) is 0 Å². The topological polar surface area (TPSA) is 54.9 Å². The Bertz CT molecular complexity index is 507. The normalized spacial score (nSPS) is 13.4. The molecular formula is C15H22F3N3O2. The first kappa shape index (κ1) is 18.9. The average molecular weight is 333 g/mol. The van der Waals surface area contributed by atoms with Gasteiger partial charge in [0.1, 0.15) is 6.10 Å². The second kappa shape index (κ2) is 9.12. The predicted molar refractivity (Wildman–Crippen MR) is 83.1 cm³/mol. The molecule has 1 atom stereocenters. The van der Waals surface area contributed by atoms with Gasteiger partial charge in [-0.15, -0.1) is 0 Å². The number of benzene rings is 1. The first-order valence-corrected chi connectivity index (χ1v) is 7.16. The van der Waals surface area contributed by atoms with Gasteiger partial charge in [0.15, 0.2) is 17.5 Å². The van der Waals surface area contributed by atoms with Crippen molar-refractivity contribution >= 4 is 5.96 Å². The van der Waals surface area contributed by atoms with Crippen LogP contribution in [-0.4, -0.2) is 45.5 Å². The van der Waals surface area contributed by atoms with E-state index in [-0.39, 0.29) is 12.6 Å². The molecule has 0 aromatic heterocycles. The number of para-hydroxylation sites is 2. The summed E-state index contributed by atoms with van der Waals surface area (Å²) in [7, 11) is 3.05. The molecule has 23 heavy (non-hydrogen) atoms. The number of guanidine groups is 1.